The van der Waals surface area contributed by atoms with Gasteiger partial charge in [0, 0.05) is 26.7 Å². The summed E-state index contributed by atoms with van der Waals surface area (Å²) in [5, 5.41) is 9.05. The smallest absolute Gasteiger partial charge is 0.308 e. The molecule has 1 aliphatic heterocycles. The van der Waals surface area contributed by atoms with Crippen LogP contribution in [0.25, 0.3) is 0 Å². The van der Waals surface area contributed by atoms with E-state index in [1.807, 2.05) is 6.92 Å². The fourth-order valence-electron chi connectivity index (χ4n) is 2.90. The predicted octanol–water partition coefficient (Wildman–Crippen LogP) is 0.193. The third-order valence-corrected chi connectivity index (χ3v) is 4.30. The number of carbonyl (C=O) groups is 3. The van der Waals surface area contributed by atoms with E-state index >= 15 is 0 Å². The first-order valence-corrected chi connectivity index (χ1v) is 7.81. The summed E-state index contributed by atoms with van der Waals surface area (Å²) in [5.41, 5.74) is 0. The number of amides is 2. The first-order chi connectivity index (χ1) is 10.4. The van der Waals surface area contributed by atoms with Crippen LogP contribution >= 0.6 is 0 Å². The predicted molar refractivity (Wildman–Crippen MR) is 78.1 cm³/mol. The molecule has 0 unspecified atom stereocenters. The van der Waals surface area contributed by atoms with Crippen molar-refractivity contribution < 1.29 is 24.2 Å². The fourth-order valence-corrected chi connectivity index (χ4v) is 2.90. The van der Waals surface area contributed by atoms with E-state index in [9.17, 15) is 14.4 Å². The maximum Gasteiger partial charge on any atom is 0.308 e. The molecule has 3 atom stereocenters. The first-order valence-electron chi connectivity index (χ1n) is 7.81. The van der Waals surface area contributed by atoms with Crippen LogP contribution in [0.15, 0.2) is 0 Å². The zero-order chi connectivity index (χ0) is 16.3. The van der Waals surface area contributed by atoms with Crippen molar-refractivity contribution in [3.63, 3.8) is 0 Å². The molecule has 1 N–H and O–H groups in total. The minimum atomic E-state index is -0.862. The molecule has 2 fully saturated rings. The Morgan fingerprint density at radius 3 is 2.73 bits per heavy atom. The van der Waals surface area contributed by atoms with E-state index in [-0.39, 0.29) is 36.9 Å². The van der Waals surface area contributed by atoms with Gasteiger partial charge in [0.15, 0.2) is 0 Å². The van der Waals surface area contributed by atoms with Crippen molar-refractivity contribution in [2.75, 3.05) is 33.3 Å². The standard InChI is InChI=1S/C15H24N2O5/c1-3-22-12-7-11(12)14(19)16(2)9-13(18)17-6-4-5-10(8-17)15(20)21/h10-12H,3-9H2,1-2H3,(H,20,21)/t10-,11-,12-/m1/s1. The maximum absolute atomic E-state index is 12.2. The molecule has 0 spiro atoms. The van der Waals surface area contributed by atoms with Gasteiger partial charge in [-0.05, 0) is 26.2 Å². The van der Waals surface area contributed by atoms with Crippen LogP contribution < -0.4 is 0 Å². The van der Waals surface area contributed by atoms with Gasteiger partial charge in [-0.3, -0.25) is 14.4 Å². The van der Waals surface area contributed by atoms with Crippen molar-refractivity contribution in [3.05, 3.63) is 0 Å². The average Bonchev–Trinajstić information content (AvgIpc) is 3.26. The molecule has 1 heterocycles. The van der Waals surface area contributed by atoms with Gasteiger partial charge in [-0.1, -0.05) is 0 Å². The highest BCUT2D eigenvalue weighted by atomic mass is 16.5. The third kappa shape index (κ3) is 3.97. The Bertz CT molecular complexity index is 453. The Hall–Kier alpha value is -1.63. The van der Waals surface area contributed by atoms with Crippen LogP contribution in [0, 0.1) is 11.8 Å². The summed E-state index contributed by atoms with van der Waals surface area (Å²) in [6, 6.07) is 0. The Morgan fingerprint density at radius 2 is 2.09 bits per heavy atom. The number of carbonyl (C=O) groups excluding carboxylic acids is 2. The number of hydrogen-bond donors (Lipinski definition) is 1. The number of ether oxygens (including phenoxy) is 1. The molecule has 124 valence electrons. The first kappa shape index (κ1) is 16.7. The van der Waals surface area contributed by atoms with Gasteiger partial charge in [0.05, 0.1) is 24.5 Å². The summed E-state index contributed by atoms with van der Waals surface area (Å²) in [6.45, 7) is 3.28. The molecule has 0 aromatic carbocycles. The average molecular weight is 312 g/mol. The second kappa shape index (κ2) is 7.09. The number of piperidine rings is 1. The normalized spacial score (nSPS) is 27.4. The highest BCUT2D eigenvalue weighted by Crippen LogP contribution is 2.35. The molecular formula is C15H24N2O5. The van der Waals surface area contributed by atoms with Crippen molar-refractivity contribution >= 4 is 17.8 Å². The summed E-state index contributed by atoms with van der Waals surface area (Å²) >= 11 is 0. The van der Waals surface area contributed by atoms with E-state index in [2.05, 4.69) is 0 Å². The number of likely N-dealkylation sites (N-methyl/N-ethyl adjacent to an activating group) is 1. The van der Waals surface area contributed by atoms with Crippen LogP contribution in [0.5, 0.6) is 0 Å². The van der Waals surface area contributed by atoms with Gasteiger partial charge in [-0.15, -0.1) is 0 Å². The zero-order valence-electron chi connectivity index (χ0n) is 13.2. The molecule has 0 bridgehead atoms. The summed E-state index contributed by atoms with van der Waals surface area (Å²) in [7, 11) is 1.61. The quantitative estimate of drug-likeness (QED) is 0.757. The number of carboxylic acids is 1. The number of nitrogens with zero attached hydrogens (tertiary/aromatic N) is 2. The summed E-state index contributed by atoms with van der Waals surface area (Å²) in [5.74, 6) is -1.75. The maximum atomic E-state index is 12.2. The van der Waals surface area contributed by atoms with Gasteiger partial charge in [0.2, 0.25) is 11.8 Å². The number of rotatable bonds is 6. The molecule has 22 heavy (non-hydrogen) atoms. The number of carboxylic acid groups (broad SMARTS) is 1. The third-order valence-electron chi connectivity index (χ3n) is 4.30. The highest BCUT2D eigenvalue weighted by Gasteiger charge is 2.45. The van der Waals surface area contributed by atoms with Crippen LogP contribution in [-0.2, 0) is 19.1 Å². The molecule has 1 saturated heterocycles. The molecule has 2 aliphatic rings. The molecule has 0 aromatic rings. The van der Waals surface area contributed by atoms with Crippen LogP contribution in [0.4, 0.5) is 0 Å². The van der Waals surface area contributed by atoms with Crippen molar-refractivity contribution in [1.82, 2.24) is 9.80 Å². The monoisotopic (exact) mass is 312 g/mol. The Kier molecular flexibility index (Phi) is 5.39. The van der Waals surface area contributed by atoms with Crippen LogP contribution in [0.2, 0.25) is 0 Å². The topological polar surface area (TPSA) is 87.2 Å². The van der Waals surface area contributed by atoms with E-state index in [0.29, 0.717) is 26.0 Å². The lowest BCUT2D eigenvalue weighted by molar-refractivity contribution is -0.147. The van der Waals surface area contributed by atoms with E-state index < -0.39 is 11.9 Å². The van der Waals surface area contributed by atoms with Crippen LogP contribution in [0.1, 0.15) is 26.2 Å². The minimum Gasteiger partial charge on any atom is -0.481 e. The summed E-state index contributed by atoms with van der Waals surface area (Å²) in [6.07, 6.45) is 2.00. The Balaban J connectivity index is 1.81. The molecule has 2 amide bonds. The van der Waals surface area contributed by atoms with Gasteiger partial charge in [-0.2, -0.15) is 0 Å². The van der Waals surface area contributed by atoms with Crippen LogP contribution in [-0.4, -0.2) is 72.1 Å². The van der Waals surface area contributed by atoms with Gasteiger partial charge in [-0.25, -0.2) is 0 Å². The molecule has 2 rings (SSSR count). The Labute approximate surface area is 130 Å². The molecule has 0 aromatic heterocycles. The molecule has 0 radical (unpaired) electrons. The second-order valence-corrected chi connectivity index (χ2v) is 6.05. The second-order valence-electron chi connectivity index (χ2n) is 6.05. The summed E-state index contributed by atoms with van der Waals surface area (Å²) < 4.78 is 5.39. The number of likely N-dealkylation sites (tertiary alicyclic amines) is 1. The minimum absolute atomic E-state index is 0.000513. The fraction of sp³-hybridized carbons (Fsp3) is 0.800. The molecule has 7 heteroatoms. The van der Waals surface area contributed by atoms with Gasteiger partial charge in [0.25, 0.3) is 0 Å². The van der Waals surface area contributed by atoms with E-state index in [1.54, 1.807) is 11.9 Å². The number of aliphatic carboxylic acids is 1. The van der Waals surface area contributed by atoms with Gasteiger partial charge >= 0.3 is 5.97 Å². The lowest BCUT2D eigenvalue weighted by Gasteiger charge is -2.32. The zero-order valence-corrected chi connectivity index (χ0v) is 13.2. The molecule has 1 saturated carbocycles. The van der Waals surface area contributed by atoms with E-state index in [1.165, 1.54) is 4.90 Å². The molecule has 1 aliphatic carbocycles. The molecule has 7 nitrogen and oxygen atoms in total. The molecular weight excluding hydrogens is 288 g/mol. The summed E-state index contributed by atoms with van der Waals surface area (Å²) in [4.78, 5) is 38.4. The van der Waals surface area contributed by atoms with Gasteiger partial charge < -0.3 is 19.6 Å². The van der Waals surface area contributed by atoms with Crippen molar-refractivity contribution in [2.24, 2.45) is 11.8 Å². The Morgan fingerprint density at radius 1 is 1.36 bits per heavy atom. The van der Waals surface area contributed by atoms with E-state index in [0.717, 1.165) is 6.42 Å². The van der Waals surface area contributed by atoms with Gasteiger partial charge in [0.1, 0.15) is 0 Å². The van der Waals surface area contributed by atoms with Crippen molar-refractivity contribution in [1.29, 1.82) is 0 Å². The van der Waals surface area contributed by atoms with Crippen molar-refractivity contribution in [3.8, 4) is 0 Å². The largest absolute Gasteiger partial charge is 0.481 e. The van der Waals surface area contributed by atoms with Crippen LogP contribution in [0.3, 0.4) is 0 Å². The highest BCUT2D eigenvalue weighted by molar-refractivity contribution is 5.87. The van der Waals surface area contributed by atoms with Crippen molar-refractivity contribution in [2.45, 2.75) is 32.3 Å². The number of hydrogen-bond acceptors (Lipinski definition) is 4. The SMILES string of the molecule is CCO[C@@H]1C[C@H]1C(=O)N(C)CC(=O)N1CCC[C@@H](C(=O)O)C1. The van der Waals surface area contributed by atoms with E-state index in [4.69, 9.17) is 9.84 Å². The lowest BCUT2D eigenvalue weighted by Crippen LogP contribution is -2.47. The lowest BCUT2D eigenvalue weighted by atomic mass is 9.98.